The minimum absolute atomic E-state index is 0.126. The minimum atomic E-state index is -0.126. The maximum atomic E-state index is 10.9. The Hall–Kier alpha value is -0.710. The first kappa shape index (κ1) is 13.4. The van der Waals surface area contributed by atoms with Gasteiger partial charge in [-0.1, -0.05) is 19.3 Å². The van der Waals surface area contributed by atoms with Crippen LogP contribution < -0.4 is 5.32 Å². The van der Waals surface area contributed by atoms with Crippen LogP contribution in [0, 0.1) is 0 Å². The van der Waals surface area contributed by atoms with Gasteiger partial charge in [-0.3, -0.25) is 9.59 Å². The summed E-state index contributed by atoms with van der Waals surface area (Å²) in [7, 11) is 1.42. The molecule has 1 rings (SSSR count). The summed E-state index contributed by atoms with van der Waals surface area (Å²) >= 11 is 1.69. The van der Waals surface area contributed by atoms with E-state index in [1.807, 2.05) is 0 Å². The second kappa shape index (κ2) is 7.54. The molecule has 0 spiro atoms. The maximum absolute atomic E-state index is 10.9. The van der Waals surface area contributed by atoms with Crippen LogP contribution in [-0.4, -0.2) is 30.1 Å². The molecule has 0 aromatic heterocycles. The second-order valence-corrected chi connectivity index (χ2v) is 5.09. The van der Waals surface area contributed by atoms with E-state index in [2.05, 4.69) is 10.1 Å². The summed E-state index contributed by atoms with van der Waals surface area (Å²) in [5, 5.41) is 3.24. The summed E-state index contributed by atoms with van der Waals surface area (Å²) in [6.45, 7) is 0. The minimum Gasteiger partial charge on any atom is -0.469 e. The standard InChI is InChI=1S/C11H19NO3S/c1-15-11(14)7-5-3-2-4-6-10-12-9(13)8-16-10/h10H,2-8H2,1H3,(H,12,13). The van der Waals surface area contributed by atoms with Gasteiger partial charge in [0.15, 0.2) is 0 Å². The molecule has 0 aromatic carbocycles. The van der Waals surface area contributed by atoms with Crippen molar-refractivity contribution in [1.82, 2.24) is 5.32 Å². The highest BCUT2D eigenvalue weighted by Gasteiger charge is 2.20. The summed E-state index contributed by atoms with van der Waals surface area (Å²) in [6.07, 6.45) is 5.74. The number of nitrogens with one attached hydrogen (secondary N) is 1. The lowest BCUT2D eigenvalue weighted by Crippen LogP contribution is -2.24. The van der Waals surface area contributed by atoms with Gasteiger partial charge in [-0.15, -0.1) is 11.8 Å². The number of hydrogen-bond donors (Lipinski definition) is 1. The van der Waals surface area contributed by atoms with Crippen LogP contribution in [-0.2, 0) is 14.3 Å². The molecule has 16 heavy (non-hydrogen) atoms. The lowest BCUT2D eigenvalue weighted by atomic mass is 10.1. The molecule has 0 saturated carbocycles. The predicted molar refractivity (Wildman–Crippen MR) is 64.1 cm³/mol. The van der Waals surface area contributed by atoms with E-state index in [0.29, 0.717) is 17.5 Å². The third kappa shape index (κ3) is 5.39. The lowest BCUT2D eigenvalue weighted by molar-refractivity contribution is -0.140. The number of thioether (sulfide) groups is 1. The van der Waals surface area contributed by atoms with E-state index in [1.165, 1.54) is 7.11 Å². The molecule has 1 amide bonds. The zero-order chi connectivity index (χ0) is 11.8. The summed E-state index contributed by atoms with van der Waals surface area (Å²) in [4.78, 5) is 21.7. The highest BCUT2D eigenvalue weighted by Crippen LogP contribution is 2.20. The van der Waals surface area contributed by atoms with Crippen LogP contribution in [0.15, 0.2) is 0 Å². The Morgan fingerprint density at radius 1 is 1.44 bits per heavy atom. The molecule has 1 aliphatic heterocycles. The van der Waals surface area contributed by atoms with Crippen LogP contribution in [0.4, 0.5) is 0 Å². The van der Waals surface area contributed by atoms with E-state index in [-0.39, 0.29) is 11.9 Å². The van der Waals surface area contributed by atoms with E-state index in [1.54, 1.807) is 11.8 Å². The SMILES string of the molecule is COC(=O)CCCCCCC1NC(=O)CS1. The summed E-state index contributed by atoms with van der Waals surface area (Å²) < 4.78 is 4.56. The van der Waals surface area contributed by atoms with Gasteiger partial charge < -0.3 is 10.1 Å². The van der Waals surface area contributed by atoms with Crippen molar-refractivity contribution in [3.8, 4) is 0 Å². The average molecular weight is 245 g/mol. The number of unbranched alkanes of at least 4 members (excludes halogenated alkanes) is 3. The Bertz CT molecular complexity index is 245. The molecule has 1 unspecified atom stereocenters. The third-order valence-corrected chi connectivity index (χ3v) is 3.75. The molecule has 0 aromatic rings. The van der Waals surface area contributed by atoms with Crippen LogP contribution in [0.3, 0.4) is 0 Å². The van der Waals surface area contributed by atoms with Gasteiger partial charge in [0.25, 0.3) is 0 Å². The molecule has 1 N–H and O–H groups in total. The Morgan fingerprint density at radius 2 is 2.19 bits per heavy atom. The Labute approximate surface area is 100 Å². The first-order chi connectivity index (χ1) is 7.72. The fraction of sp³-hybridized carbons (Fsp3) is 0.818. The second-order valence-electron chi connectivity index (χ2n) is 3.90. The largest absolute Gasteiger partial charge is 0.469 e. The highest BCUT2D eigenvalue weighted by molar-refractivity contribution is 8.01. The molecule has 1 aliphatic rings. The number of amides is 1. The number of ether oxygens (including phenoxy) is 1. The van der Waals surface area contributed by atoms with Crippen molar-refractivity contribution in [1.29, 1.82) is 0 Å². The van der Waals surface area contributed by atoms with Crippen LogP contribution in [0.25, 0.3) is 0 Å². The normalized spacial score (nSPS) is 19.6. The van der Waals surface area contributed by atoms with Crippen molar-refractivity contribution in [3.63, 3.8) is 0 Å². The first-order valence-electron chi connectivity index (χ1n) is 5.70. The van der Waals surface area contributed by atoms with Crippen molar-refractivity contribution in [3.05, 3.63) is 0 Å². The molecule has 0 aliphatic carbocycles. The van der Waals surface area contributed by atoms with Gasteiger partial charge in [-0.2, -0.15) is 0 Å². The van der Waals surface area contributed by atoms with Gasteiger partial charge in [0.2, 0.25) is 5.91 Å². The van der Waals surface area contributed by atoms with Gasteiger partial charge in [0.05, 0.1) is 18.2 Å². The van der Waals surface area contributed by atoms with Crippen molar-refractivity contribution in [2.75, 3.05) is 12.9 Å². The van der Waals surface area contributed by atoms with Crippen LogP contribution in [0.5, 0.6) is 0 Å². The van der Waals surface area contributed by atoms with E-state index in [4.69, 9.17) is 0 Å². The monoisotopic (exact) mass is 245 g/mol. The number of carbonyl (C=O) groups is 2. The Kier molecular flexibility index (Phi) is 6.30. The van der Waals surface area contributed by atoms with E-state index in [9.17, 15) is 9.59 Å². The van der Waals surface area contributed by atoms with Gasteiger partial charge >= 0.3 is 5.97 Å². The predicted octanol–water partition coefficient (Wildman–Crippen LogP) is 1.69. The third-order valence-electron chi connectivity index (χ3n) is 2.56. The van der Waals surface area contributed by atoms with Crippen LogP contribution in [0.1, 0.15) is 38.5 Å². The smallest absolute Gasteiger partial charge is 0.305 e. The number of esters is 1. The molecule has 0 bridgehead atoms. The lowest BCUT2D eigenvalue weighted by Gasteiger charge is -2.08. The van der Waals surface area contributed by atoms with E-state index < -0.39 is 0 Å². The van der Waals surface area contributed by atoms with Crippen molar-refractivity contribution < 1.29 is 14.3 Å². The molecule has 4 nitrogen and oxygen atoms in total. The summed E-state index contributed by atoms with van der Waals surface area (Å²) in [6, 6.07) is 0. The van der Waals surface area contributed by atoms with Crippen LogP contribution >= 0.6 is 11.8 Å². The average Bonchev–Trinajstić information content (AvgIpc) is 2.69. The highest BCUT2D eigenvalue weighted by atomic mass is 32.2. The number of methoxy groups -OCH3 is 1. The van der Waals surface area contributed by atoms with Crippen molar-refractivity contribution in [2.24, 2.45) is 0 Å². The quantitative estimate of drug-likeness (QED) is 0.548. The topological polar surface area (TPSA) is 55.4 Å². The molecule has 92 valence electrons. The molecule has 1 fully saturated rings. The fourth-order valence-electron chi connectivity index (χ4n) is 1.65. The molecular weight excluding hydrogens is 226 g/mol. The van der Waals surface area contributed by atoms with Gasteiger partial charge in [-0.25, -0.2) is 0 Å². The fourth-order valence-corrected chi connectivity index (χ4v) is 2.63. The molecular formula is C11H19NO3S. The zero-order valence-corrected chi connectivity index (χ0v) is 10.5. The van der Waals surface area contributed by atoms with Gasteiger partial charge in [0, 0.05) is 6.42 Å². The maximum Gasteiger partial charge on any atom is 0.305 e. The Balaban J connectivity index is 1.88. The molecule has 0 radical (unpaired) electrons. The molecule has 1 saturated heterocycles. The van der Waals surface area contributed by atoms with Crippen molar-refractivity contribution in [2.45, 2.75) is 43.9 Å². The molecule has 5 heteroatoms. The van der Waals surface area contributed by atoms with Crippen LogP contribution in [0.2, 0.25) is 0 Å². The van der Waals surface area contributed by atoms with E-state index in [0.717, 1.165) is 32.1 Å². The Morgan fingerprint density at radius 3 is 2.81 bits per heavy atom. The molecule has 1 heterocycles. The zero-order valence-electron chi connectivity index (χ0n) is 9.66. The first-order valence-corrected chi connectivity index (χ1v) is 6.75. The molecule has 1 atom stereocenters. The number of carbonyl (C=O) groups excluding carboxylic acids is 2. The summed E-state index contributed by atoms with van der Waals surface area (Å²) in [5.74, 6) is 0.631. The van der Waals surface area contributed by atoms with Gasteiger partial charge in [0.1, 0.15) is 0 Å². The number of rotatable bonds is 7. The van der Waals surface area contributed by atoms with Crippen molar-refractivity contribution >= 4 is 23.6 Å². The van der Waals surface area contributed by atoms with Gasteiger partial charge in [-0.05, 0) is 12.8 Å². The summed E-state index contributed by atoms with van der Waals surface area (Å²) in [5.41, 5.74) is 0. The van der Waals surface area contributed by atoms with E-state index >= 15 is 0 Å². The number of hydrogen-bond acceptors (Lipinski definition) is 4.